The number of aliphatic hydroxyl groups excluding tert-OH is 1. The summed E-state index contributed by atoms with van der Waals surface area (Å²) in [7, 11) is 0. The van der Waals surface area contributed by atoms with Crippen molar-refractivity contribution in [3.8, 4) is 0 Å². The van der Waals surface area contributed by atoms with Crippen molar-refractivity contribution in [2.24, 2.45) is 5.92 Å². The van der Waals surface area contributed by atoms with Gasteiger partial charge in [0.25, 0.3) is 0 Å². The standard InChI is InChI=1S/C13H19FN2O2/c1-9(2)12(6-7-17)16-13(18)15-11-5-3-4-10(14)8-11/h3-5,8-9,12,17H,6-7H2,1-2H3,(H2,15,16,18). The normalized spacial score (nSPS) is 12.3. The second kappa shape index (κ2) is 6.96. The average molecular weight is 254 g/mol. The van der Waals surface area contributed by atoms with E-state index in [-0.39, 0.29) is 18.6 Å². The van der Waals surface area contributed by atoms with E-state index in [0.29, 0.717) is 12.1 Å². The van der Waals surface area contributed by atoms with Gasteiger partial charge in [-0.15, -0.1) is 0 Å². The molecule has 0 fully saturated rings. The van der Waals surface area contributed by atoms with Crippen molar-refractivity contribution < 1.29 is 14.3 Å². The fourth-order valence-corrected chi connectivity index (χ4v) is 1.61. The summed E-state index contributed by atoms with van der Waals surface area (Å²) in [6.07, 6.45) is 0.494. The summed E-state index contributed by atoms with van der Waals surface area (Å²) in [5, 5.41) is 14.2. The predicted octanol–water partition coefficient (Wildman–Crippen LogP) is 2.35. The van der Waals surface area contributed by atoms with Gasteiger partial charge in [-0.05, 0) is 30.5 Å². The maximum absolute atomic E-state index is 12.9. The minimum Gasteiger partial charge on any atom is -0.396 e. The molecule has 2 amide bonds. The van der Waals surface area contributed by atoms with Crippen LogP contribution in [0, 0.1) is 11.7 Å². The molecule has 0 saturated heterocycles. The minimum atomic E-state index is -0.399. The van der Waals surface area contributed by atoms with E-state index in [1.165, 1.54) is 18.2 Å². The zero-order valence-electron chi connectivity index (χ0n) is 10.6. The van der Waals surface area contributed by atoms with Gasteiger partial charge in [0.1, 0.15) is 5.82 Å². The van der Waals surface area contributed by atoms with Crippen molar-refractivity contribution in [2.45, 2.75) is 26.3 Å². The smallest absolute Gasteiger partial charge is 0.319 e. The van der Waals surface area contributed by atoms with Gasteiger partial charge in [0.2, 0.25) is 0 Å². The number of amides is 2. The Morgan fingerprint density at radius 1 is 1.44 bits per heavy atom. The highest BCUT2D eigenvalue weighted by Gasteiger charge is 2.15. The summed E-state index contributed by atoms with van der Waals surface area (Å²) in [6.45, 7) is 3.94. The molecular weight excluding hydrogens is 235 g/mol. The van der Waals surface area contributed by atoms with Crippen molar-refractivity contribution >= 4 is 11.7 Å². The highest BCUT2D eigenvalue weighted by Crippen LogP contribution is 2.10. The van der Waals surface area contributed by atoms with E-state index in [9.17, 15) is 9.18 Å². The van der Waals surface area contributed by atoms with Crippen LogP contribution < -0.4 is 10.6 Å². The number of carbonyl (C=O) groups is 1. The number of urea groups is 1. The molecule has 18 heavy (non-hydrogen) atoms. The van der Waals surface area contributed by atoms with E-state index in [4.69, 9.17) is 5.11 Å². The first-order valence-corrected chi connectivity index (χ1v) is 5.97. The van der Waals surface area contributed by atoms with E-state index in [1.54, 1.807) is 6.07 Å². The molecule has 0 aromatic heterocycles. The molecule has 0 saturated carbocycles. The van der Waals surface area contributed by atoms with Gasteiger partial charge in [0.05, 0.1) is 0 Å². The molecule has 0 radical (unpaired) electrons. The molecule has 1 aromatic rings. The molecular formula is C13H19FN2O2. The molecule has 1 unspecified atom stereocenters. The number of halogens is 1. The Balaban J connectivity index is 2.55. The third-order valence-corrected chi connectivity index (χ3v) is 2.64. The Kier molecular flexibility index (Phi) is 5.58. The summed E-state index contributed by atoms with van der Waals surface area (Å²) < 4.78 is 12.9. The highest BCUT2D eigenvalue weighted by atomic mass is 19.1. The highest BCUT2D eigenvalue weighted by molar-refractivity contribution is 5.89. The number of rotatable bonds is 5. The lowest BCUT2D eigenvalue weighted by atomic mass is 10.0. The van der Waals surface area contributed by atoms with E-state index >= 15 is 0 Å². The van der Waals surface area contributed by atoms with Crippen molar-refractivity contribution in [3.05, 3.63) is 30.1 Å². The molecule has 3 N–H and O–H groups in total. The van der Waals surface area contributed by atoms with Crippen LogP contribution in [-0.4, -0.2) is 23.8 Å². The predicted molar refractivity (Wildman–Crippen MR) is 68.9 cm³/mol. The van der Waals surface area contributed by atoms with Gasteiger partial charge in [-0.1, -0.05) is 19.9 Å². The van der Waals surface area contributed by atoms with Crippen molar-refractivity contribution in [1.82, 2.24) is 5.32 Å². The lowest BCUT2D eigenvalue weighted by Gasteiger charge is -2.21. The molecule has 0 aliphatic carbocycles. The van der Waals surface area contributed by atoms with Crippen LogP contribution in [-0.2, 0) is 0 Å². The first-order valence-electron chi connectivity index (χ1n) is 5.97. The molecule has 1 atom stereocenters. The molecule has 0 bridgehead atoms. The van der Waals surface area contributed by atoms with Crippen LogP contribution in [0.25, 0.3) is 0 Å². The van der Waals surface area contributed by atoms with Crippen LogP contribution in [0.5, 0.6) is 0 Å². The number of hydrogen-bond donors (Lipinski definition) is 3. The molecule has 100 valence electrons. The average Bonchev–Trinajstić information content (AvgIpc) is 2.28. The number of hydrogen-bond acceptors (Lipinski definition) is 2. The van der Waals surface area contributed by atoms with E-state index in [0.717, 1.165) is 0 Å². The Bertz CT molecular complexity index is 396. The second-order valence-electron chi connectivity index (χ2n) is 4.47. The Labute approximate surface area is 106 Å². The van der Waals surface area contributed by atoms with Gasteiger partial charge in [-0.3, -0.25) is 0 Å². The maximum Gasteiger partial charge on any atom is 0.319 e. The number of carbonyl (C=O) groups excluding carboxylic acids is 1. The molecule has 0 aliphatic rings. The fourth-order valence-electron chi connectivity index (χ4n) is 1.61. The number of nitrogens with one attached hydrogen (secondary N) is 2. The zero-order valence-corrected chi connectivity index (χ0v) is 10.6. The van der Waals surface area contributed by atoms with Crippen LogP contribution in [0.3, 0.4) is 0 Å². The molecule has 0 aliphatic heterocycles. The molecule has 5 heteroatoms. The summed E-state index contributed by atoms with van der Waals surface area (Å²) in [5.41, 5.74) is 0.402. The monoisotopic (exact) mass is 254 g/mol. The summed E-state index contributed by atoms with van der Waals surface area (Å²) in [4.78, 5) is 11.7. The Hall–Kier alpha value is -1.62. The van der Waals surface area contributed by atoms with Gasteiger partial charge >= 0.3 is 6.03 Å². The molecule has 1 rings (SSSR count). The zero-order chi connectivity index (χ0) is 13.5. The van der Waals surface area contributed by atoms with Gasteiger partial charge in [0.15, 0.2) is 0 Å². The number of benzene rings is 1. The van der Waals surface area contributed by atoms with Gasteiger partial charge in [0, 0.05) is 18.3 Å². The van der Waals surface area contributed by atoms with Crippen LogP contribution in [0.4, 0.5) is 14.9 Å². The quantitative estimate of drug-likeness (QED) is 0.755. The van der Waals surface area contributed by atoms with E-state index < -0.39 is 11.8 Å². The maximum atomic E-state index is 12.9. The molecule has 4 nitrogen and oxygen atoms in total. The number of aliphatic hydroxyl groups is 1. The number of anilines is 1. The fraction of sp³-hybridized carbons (Fsp3) is 0.462. The minimum absolute atomic E-state index is 0.0170. The molecule has 1 aromatic carbocycles. The van der Waals surface area contributed by atoms with Gasteiger partial charge in [-0.2, -0.15) is 0 Å². The summed E-state index contributed by atoms with van der Waals surface area (Å²) in [5.74, 6) is -0.182. The first-order chi connectivity index (χ1) is 8.52. The van der Waals surface area contributed by atoms with Crippen LogP contribution in [0.2, 0.25) is 0 Å². The topological polar surface area (TPSA) is 61.4 Å². The van der Waals surface area contributed by atoms with Gasteiger partial charge in [-0.25, -0.2) is 9.18 Å². The summed E-state index contributed by atoms with van der Waals surface area (Å²) >= 11 is 0. The molecule has 0 spiro atoms. The van der Waals surface area contributed by atoms with Crippen molar-refractivity contribution in [3.63, 3.8) is 0 Å². The largest absolute Gasteiger partial charge is 0.396 e. The summed E-state index contributed by atoms with van der Waals surface area (Å²) in [6, 6.07) is 5.19. The second-order valence-corrected chi connectivity index (χ2v) is 4.47. The van der Waals surface area contributed by atoms with Crippen LogP contribution in [0.1, 0.15) is 20.3 Å². The third kappa shape index (κ3) is 4.71. The van der Waals surface area contributed by atoms with E-state index in [2.05, 4.69) is 10.6 Å². The Morgan fingerprint density at radius 2 is 2.17 bits per heavy atom. The Morgan fingerprint density at radius 3 is 2.72 bits per heavy atom. The van der Waals surface area contributed by atoms with Crippen LogP contribution in [0.15, 0.2) is 24.3 Å². The third-order valence-electron chi connectivity index (χ3n) is 2.64. The molecule has 0 heterocycles. The lowest BCUT2D eigenvalue weighted by Crippen LogP contribution is -2.41. The van der Waals surface area contributed by atoms with Crippen molar-refractivity contribution in [2.75, 3.05) is 11.9 Å². The van der Waals surface area contributed by atoms with E-state index in [1.807, 2.05) is 13.8 Å². The van der Waals surface area contributed by atoms with Crippen LogP contribution >= 0.6 is 0 Å². The first kappa shape index (κ1) is 14.4. The van der Waals surface area contributed by atoms with Gasteiger partial charge < -0.3 is 15.7 Å². The SMILES string of the molecule is CC(C)C(CCO)NC(=O)Nc1cccc(F)c1. The van der Waals surface area contributed by atoms with Crippen molar-refractivity contribution in [1.29, 1.82) is 0 Å². The lowest BCUT2D eigenvalue weighted by molar-refractivity contribution is 0.227.